The van der Waals surface area contributed by atoms with Crippen LogP contribution >= 0.6 is 12.2 Å². The molecule has 0 radical (unpaired) electrons. The predicted octanol–water partition coefficient (Wildman–Crippen LogP) is 2.15. The van der Waals surface area contributed by atoms with Crippen LogP contribution in [0.4, 0.5) is 5.69 Å². The van der Waals surface area contributed by atoms with Gasteiger partial charge in [0.15, 0.2) is 23.2 Å². The van der Waals surface area contributed by atoms with Gasteiger partial charge in [-0.3, -0.25) is 30.6 Å². The first-order chi connectivity index (χ1) is 14.9. The summed E-state index contributed by atoms with van der Waals surface area (Å²) < 4.78 is 10.5. The Kier molecular flexibility index (Phi) is 9.24. The van der Waals surface area contributed by atoms with Crippen molar-refractivity contribution in [2.75, 3.05) is 19.0 Å². The number of methoxy groups -OCH3 is 1. The molecule has 31 heavy (non-hydrogen) atoms. The Morgan fingerprint density at radius 3 is 2.26 bits per heavy atom. The molecule has 0 aliphatic carbocycles. The highest BCUT2D eigenvalue weighted by atomic mass is 32.1. The number of thiocarbonyl (C=S) groups is 1. The molecule has 3 amide bonds. The van der Waals surface area contributed by atoms with Crippen LogP contribution in [0.1, 0.15) is 30.1 Å². The highest BCUT2D eigenvalue weighted by Crippen LogP contribution is 2.25. The van der Waals surface area contributed by atoms with Crippen molar-refractivity contribution in [3.63, 3.8) is 0 Å². The van der Waals surface area contributed by atoms with E-state index >= 15 is 0 Å². The Morgan fingerprint density at radius 2 is 1.61 bits per heavy atom. The van der Waals surface area contributed by atoms with Crippen molar-refractivity contribution >= 4 is 40.7 Å². The Morgan fingerprint density at radius 1 is 0.935 bits per heavy atom. The number of ether oxygens (including phenoxy) is 2. The van der Waals surface area contributed by atoms with E-state index in [0.29, 0.717) is 29.2 Å². The molecule has 2 aromatic carbocycles. The van der Waals surface area contributed by atoms with Crippen LogP contribution < -0.4 is 31.0 Å². The van der Waals surface area contributed by atoms with Gasteiger partial charge in [0.25, 0.3) is 11.8 Å². The van der Waals surface area contributed by atoms with Gasteiger partial charge in [0.1, 0.15) is 0 Å². The second-order valence-electron chi connectivity index (χ2n) is 6.27. The summed E-state index contributed by atoms with van der Waals surface area (Å²) in [6, 6.07) is 13.3. The lowest BCUT2D eigenvalue weighted by atomic mass is 10.2. The summed E-state index contributed by atoms with van der Waals surface area (Å²) in [5.41, 5.74) is 5.77. The lowest BCUT2D eigenvalue weighted by Gasteiger charge is -2.12. The lowest BCUT2D eigenvalue weighted by molar-refractivity contribution is -0.121. The van der Waals surface area contributed by atoms with E-state index in [9.17, 15) is 14.4 Å². The molecule has 0 fully saturated rings. The fourth-order valence-corrected chi connectivity index (χ4v) is 2.58. The van der Waals surface area contributed by atoms with Crippen LogP contribution in [-0.4, -0.2) is 36.6 Å². The van der Waals surface area contributed by atoms with Gasteiger partial charge in [0, 0.05) is 17.7 Å². The van der Waals surface area contributed by atoms with Crippen molar-refractivity contribution < 1.29 is 23.9 Å². The number of hydrogen-bond donors (Lipinski definition) is 4. The molecule has 0 saturated heterocycles. The second kappa shape index (κ2) is 12.1. The molecular formula is C21H24N4O5S. The summed E-state index contributed by atoms with van der Waals surface area (Å²) in [6.45, 7) is 1.63. The Bertz CT molecular complexity index is 934. The smallest absolute Gasteiger partial charge is 0.269 e. The zero-order chi connectivity index (χ0) is 22.6. The maximum atomic E-state index is 12.2. The molecule has 0 heterocycles. The van der Waals surface area contributed by atoms with Crippen LogP contribution in [0.25, 0.3) is 0 Å². The monoisotopic (exact) mass is 444 g/mol. The summed E-state index contributed by atoms with van der Waals surface area (Å²) in [6.07, 6.45) is 1.18. The fraction of sp³-hybridized carbons (Fsp3) is 0.238. The molecule has 0 aromatic heterocycles. The van der Waals surface area contributed by atoms with Gasteiger partial charge in [-0.15, -0.1) is 0 Å². The number of nitrogens with one attached hydrogen (secondary N) is 4. The van der Waals surface area contributed by atoms with Crippen molar-refractivity contribution in [2.24, 2.45) is 0 Å². The van der Waals surface area contributed by atoms with E-state index in [-0.39, 0.29) is 17.6 Å². The van der Waals surface area contributed by atoms with Crippen LogP contribution in [-0.2, 0) is 9.59 Å². The molecule has 2 aromatic rings. The molecule has 10 heteroatoms. The summed E-state index contributed by atoms with van der Waals surface area (Å²) in [5.74, 6) is -0.142. The molecule has 0 spiro atoms. The number of anilines is 1. The average Bonchev–Trinajstić information content (AvgIpc) is 2.77. The average molecular weight is 445 g/mol. The Hall–Kier alpha value is -3.66. The van der Waals surface area contributed by atoms with E-state index < -0.39 is 11.8 Å². The first-order valence-corrected chi connectivity index (χ1v) is 9.89. The molecule has 0 unspecified atom stereocenters. The Balaban J connectivity index is 1.75. The van der Waals surface area contributed by atoms with Gasteiger partial charge < -0.3 is 14.8 Å². The third-order valence-electron chi connectivity index (χ3n) is 3.88. The molecule has 0 atom stereocenters. The topological polar surface area (TPSA) is 118 Å². The van der Waals surface area contributed by atoms with Crippen LogP contribution in [0.15, 0.2) is 48.5 Å². The third-order valence-corrected chi connectivity index (χ3v) is 4.08. The molecule has 164 valence electrons. The minimum absolute atomic E-state index is 0.0860. The molecule has 0 aliphatic heterocycles. The lowest BCUT2D eigenvalue weighted by Crippen LogP contribution is -2.49. The third kappa shape index (κ3) is 7.94. The molecule has 9 nitrogen and oxygen atoms in total. The second-order valence-corrected chi connectivity index (χ2v) is 6.68. The van der Waals surface area contributed by atoms with Crippen LogP contribution in [0.2, 0.25) is 0 Å². The van der Waals surface area contributed by atoms with Crippen LogP contribution in [0.5, 0.6) is 11.5 Å². The first kappa shape index (κ1) is 23.6. The van der Waals surface area contributed by atoms with Crippen molar-refractivity contribution in [1.82, 2.24) is 16.2 Å². The summed E-state index contributed by atoms with van der Waals surface area (Å²) in [4.78, 5) is 35.7. The van der Waals surface area contributed by atoms with Gasteiger partial charge in [0.05, 0.1) is 7.11 Å². The molecule has 2 rings (SSSR count). The minimum Gasteiger partial charge on any atom is -0.493 e. The van der Waals surface area contributed by atoms with Crippen molar-refractivity contribution in [1.29, 1.82) is 0 Å². The number of carbonyl (C=O) groups is 3. The molecule has 0 aliphatic rings. The quantitative estimate of drug-likeness (QED) is 0.364. The maximum absolute atomic E-state index is 12.2. The van der Waals surface area contributed by atoms with E-state index in [4.69, 9.17) is 21.7 Å². The van der Waals surface area contributed by atoms with E-state index in [2.05, 4.69) is 21.5 Å². The molecular weight excluding hydrogens is 420 g/mol. The number of para-hydroxylation sites is 2. The molecule has 4 N–H and O–H groups in total. The maximum Gasteiger partial charge on any atom is 0.269 e. The molecule has 0 bridgehead atoms. The number of carbonyl (C=O) groups excluding carboxylic acids is 3. The largest absolute Gasteiger partial charge is 0.493 e. The van der Waals surface area contributed by atoms with Crippen LogP contribution in [0, 0.1) is 0 Å². The van der Waals surface area contributed by atoms with E-state index in [0.717, 1.165) is 6.42 Å². The zero-order valence-corrected chi connectivity index (χ0v) is 18.0. The van der Waals surface area contributed by atoms with Crippen molar-refractivity contribution in [3.05, 3.63) is 54.1 Å². The number of hydrazine groups is 1. The van der Waals surface area contributed by atoms with E-state index in [1.54, 1.807) is 48.5 Å². The predicted molar refractivity (Wildman–Crippen MR) is 120 cm³/mol. The van der Waals surface area contributed by atoms with Gasteiger partial charge in [-0.2, -0.15) is 0 Å². The first-order valence-electron chi connectivity index (χ1n) is 9.48. The zero-order valence-electron chi connectivity index (χ0n) is 17.2. The van der Waals surface area contributed by atoms with Gasteiger partial charge >= 0.3 is 0 Å². The summed E-state index contributed by atoms with van der Waals surface area (Å²) in [5, 5.41) is 5.04. The van der Waals surface area contributed by atoms with Gasteiger partial charge in [-0.05, 0) is 55.0 Å². The Labute approximate surface area is 185 Å². The van der Waals surface area contributed by atoms with E-state index in [1.165, 1.54) is 7.11 Å². The SMILES string of the molecule is CCCC(=O)Nc1ccc(C(=O)NNC(=S)NC(=O)COc2ccccc2OC)cc1. The van der Waals surface area contributed by atoms with Crippen LogP contribution in [0.3, 0.4) is 0 Å². The summed E-state index contributed by atoms with van der Waals surface area (Å²) >= 11 is 4.99. The summed E-state index contributed by atoms with van der Waals surface area (Å²) in [7, 11) is 1.50. The number of amides is 3. The van der Waals surface area contributed by atoms with Crippen molar-refractivity contribution in [2.45, 2.75) is 19.8 Å². The molecule has 0 saturated carbocycles. The fourth-order valence-electron chi connectivity index (χ4n) is 2.42. The van der Waals surface area contributed by atoms with E-state index in [1.807, 2.05) is 6.92 Å². The minimum atomic E-state index is -0.509. The van der Waals surface area contributed by atoms with Crippen molar-refractivity contribution in [3.8, 4) is 11.5 Å². The standard InChI is InChI=1S/C21H24N4O5S/c1-3-6-18(26)22-15-11-9-14(10-12-15)20(28)24-25-21(31)23-19(27)13-30-17-8-5-4-7-16(17)29-2/h4-5,7-12H,3,6,13H2,1-2H3,(H,22,26)(H,24,28)(H2,23,25,27,31). The number of rotatable bonds is 8. The highest BCUT2D eigenvalue weighted by Gasteiger charge is 2.10. The number of hydrogen-bond acceptors (Lipinski definition) is 6. The normalized spacial score (nSPS) is 9.87. The van der Waals surface area contributed by atoms with Gasteiger partial charge in [-0.1, -0.05) is 19.1 Å². The van der Waals surface area contributed by atoms with Gasteiger partial charge in [0.2, 0.25) is 5.91 Å². The highest BCUT2D eigenvalue weighted by molar-refractivity contribution is 7.80. The number of benzene rings is 2. The van der Waals surface area contributed by atoms with Gasteiger partial charge in [-0.25, -0.2) is 0 Å².